The summed E-state index contributed by atoms with van der Waals surface area (Å²) < 4.78 is 6.17. The average Bonchev–Trinajstić information content (AvgIpc) is 2.63. The van der Waals surface area contributed by atoms with Gasteiger partial charge in [0.2, 0.25) is 0 Å². The van der Waals surface area contributed by atoms with Gasteiger partial charge >= 0.3 is 5.97 Å². The zero-order chi connectivity index (χ0) is 12.4. The standard InChI is InChI=1S/C11H6BrClO3S/c12-6-5-9(17-10(6)13)11(15)16-8-4-2-1-3-7(8)14/h1-5,14H. The topological polar surface area (TPSA) is 46.5 Å². The Kier molecular flexibility index (Phi) is 3.71. The molecular formula is C11H6BrClO3S. The van der Waals surface area contributed by atoms with E-state index in [1.807, 2.05) is 0 Å². The van der Waals surface area contributed by atoms with E-state index in [9.17, 15) is 9.90 Å². The maximum atomic E-state index is 11.7. The maximum Gasteiger partial charge on any atom is 0.353 e. The number of benzene rings is 1. The van der Waals surface area contributed by atoms with Gasteiger partial charge in [-0.2, -0.15) is 0 Å². The van der Waals surface area contributed by atoms with Gasteiger partial charge in [0, 0.05) is 4.47 Å². The fourth-order valence-electron chi connectivity index (χ4n) is 1.14. The molecule has 1 heterocycles. The minimum absolute atomic E-state index is 0.0810. The summed E-state index contributed by atoms with van der Waals surface area (Å²) in [7, 11) is 0. The molecule has 0 bridgehead atoms. The third-order valence-electron chi connectivity index (χ3n) is 1.91. The Morgan fingerprint density at radius 1 is 1.41 bits per heavy atom. The zero-order valence-electron chi connectivity index (χ0n) is 8.31. The van der Waals surface area contributed by atoms with Gasteiger partial charge < -0.3 is 9.84 Å². The second kappa shape index (κ2) is 5.08. The number of hydrogen-bond acceptors (Lipinski definition) is 4. The minimum atomic E-state index is -0.552. The van der Waals surface area contributed by atoms with Crippen LogP contribution in [0.3, 0.4) is 0 Å². The van der Waals surface area contributed by atoms with Gasteiger partial charge in [0.25, 0.3) is 0 Å². The van der Waals surface area contributed by atoms with Gasteiger partial charge in [-0.1, -0.05) is 23.7 Å². The first kappa shape index (κ1) is 12.4. The molecule has 2 rings (SSSR count). The molecule has 2 aromatic rings. The maximum absolute atomic E-state index is 11.7. The number of phenolic OH excluding ortho intramolecular Hbond substituents is 1. The molecule has 0 amide bonds. The molecule has 1 aromatic carbocycles. The van der Waals surface area contributed by atoms with Gasteiger partial charge in [0.1, 0.15) is 9.21 Å². The molecule has 0 aliphatic heterocycles. The number of halogens is 2. The van der Waals surface area contributed by atoms with Crippen LogP contribution >= 0.6 is 38.9 Å². The quantitative estimate of drug-likeness (QED) is 0.665. The molecule has 0 aliphatic carbocycles. The Balaban J connectivity index is 2.20. The Morgan fingerprint density at radius 2 is 2.12 bits per heavy atom. The molecule has 0 saturated heterocycles. The van der Waals surface area contributed by atoms with E-state index < -0.39 is 5.97 Å². The first-order valence-corrected chi connectivity index (χ1v) is 6.51. The van der Waals surface area contributed by atoms with Gasteiger partial charge in [-0.15, -0.1) is 11.3 Å². The first-order chi connectivity index (χ1) is 8.08. The van der Waals surface area contributed by atoms with E-state index in [0.717, 1.165) is 11.3 Å². The molecule has 3 nitrogen and oxygen atoms in total. The van der Waals surface area contributed by atoms with Crippen LogP contribution in [0.2, 0.25) is 4.34 Å². The molecule has 0 spiro atoms. The molecule has 1 N–H and O–H groups in total. The van der Waals surface area contributed by atoms with E-state index >= 15 is 0 Å². The third kappa shape index (κ3) is 2.80. The molecule has 6 heteroatoms. The Hall–Kier alpha value is -1.04. The molecule has 88 valence electrons. The van der Waals surface area contributed by atoms with E-state index in [4.69, 9.17) is 16.3 Å². The molecule has 17 heavy (non-hydrogen) atoms. The number of ether oxygens (including phenoxy) is 1. The lowest BCUT2D eigenvalue weighted by molar-refractivity contribution is 0.0734. The smallest absolute Gasteiger partial charge is 0.353 e. The van der Waals surface area contributed by atoms with Crippen molar-refractivity contribution in [3.8, 4) is 11.5 Å². The lowest BCUT2D eigenvalue weighted by Gasteiger charge is -2.03. The molecule has 0 unspecified atom stereocenters. The summed E-state index contributed by atoms with van der Waals surface area (Å²) in [4.78, 5) is 12.1. The summed E-state index contributed by atoms with van der Waals surface area (Å²) in [6, 6.07) is 7.84. The molecular weight excluding hydrogens is 328 g/mol. The highest BCUT2D eigenvalue weighted by atomic mass is 79.9. The Labute approximate surface area is 115 Å². The predicted molar refractivity (Wildman–Crippen MR) is 70.1 cm³/mol. The van der Waals surface area contributed by atoms with Crippen molar-refractivity contribution < 1.29 is 14.6 Å². The Bertz CT molecular complexity index is 548. The van der Waals surface area contributed by atoms with Crippen molar-refractivity contribution in [2.24, 2.45) is 0 Å². The largest absolute Gasteiger partial charge is 0.504 e. The van der Waals surface area contributed by atoms with Crippen LogP contribution in [0.4, 0.5) is 0 Å². The van der Waals surface area contributed by atoms with Crippen LogP contribution in [0, 0.1) is 0 Å². The summed E-state index contributed by atoms with van der Waals surface area (Å²) in [5, 5.41) is 9.46. The van der Waals surface area contributed by atoms with Gasteiger partial charge in [-0.25, -0.2) is 4.79 Å². The van der Waals surface area contributed by atoms with Gasteiger partial charge in [-0.3, -0.25) is 0 Å². The predicted octanol–water partition coefficient (Wildman–Crippen LogP) is 4.09. The molecule has 1 aromatic heterocycles. The van der Waals surface area contributed by atoms with Gasteiger partial charge in [-0.05, 0) is 34.1 Å². The summed E-state index contributed by atoms with van der Waals surface area (Å²) in [6.07, 6.45) is 0. The molecule has 0 fully saturated rings. The Morgan fingerprint density at radius 3 is 2.71 bits per heavy atom. The normalized spacial score (nSPS) is 10.2. The number of esters is 1. The molecule has 0 radical (unpaired) electrons. The number of aromatic hydroxyl groups is 1. The van der Waals surface area contributed by atoms with E-state index in [0.29, 0.717) is 13.7 Å². The van der Waals surface area contributed by atoms with Gasteiger partial charge in [0.05, 0.1) is 0 Å². The fourth-order valence-corrected chi connectivity index (χ4v) is 2.72. The number of rotatable bonds is 2. The van der Waals surface area contributed by atoms with Crippen LogP contribution in [0.25, 0.3) is 0 Å². The average molecular weight is 334 g/mol. The molecule has 0 saturated carbocycles. The number of carbonyl (C=O) groups excluding carboxylic acids is 1. The van der Waals surface area contributed by atoms with Crippen molar-refractivity contribution in [2.75, 3.05) is 0 Å². The number of thiophene rings is 1. The van der Waals surface area contributed by atoms with Crippen molar-refractivity contribution in [3.63, 3.8) is 0 Å². The monoisotopic (exact) mass is 332 g/mol. The van der Waals surface area contributed by atoms with Crippen molar-refractivity contribution >= 4 is 44.8 Å². The zero-order valence-corrected chi connectivity index (χ0v) is 11.5. The lowest BCUT2D eigenvalue weighted by Crippen LogP contribution is -2.06. The number of carbonyl (C=O) groups is 1. The van der Waals surface area contributed by atoms with Crippen molar-refractivity contribution in [1.82, 2.24) is 0 Å². The number of hydrogen-bond donors (Lipinski definition) is 1. The van der Waals surface area contributed by atoms with Crippen LogP contribution < -0.4 is 4.74 Å². The van der Waals surface area contributed by atoms with Crippen LogP contribution in [0.15, 0.2) is 34.8 Å². The first-order valence-electron chi connectivity index (χ1n) is 4.53. The second-order valence-electron chi connectivity index (χ2n) is 3.09. The minimum Gasteiger partial charge on any atom is -0.504 e. The number of para-hydroxylation sites is 2. The SMILES string of the molecule is O=C(Oc1ccccc1O)c1cc(Br)c(Cl)s1. The van der Waals surface area contributed by atoms with E-state index in [1.165, 1.54) is 12.1 Å². The van der Waals surface area contributed by atoms with Crippen LogP contribution in [0.1, 0.15) is 9.67 Å². The van der Waals surface area contributed by atoms with E-state index in [2.05, 4.69) is 15.9 Å². The van der Waals surface area contributed by atoms with Gasteiger partial charge in [0.15, 0.2) is 11.5 Å². The highest BCUT2D eigenvalue weighted by molar-refractivity contribution is 9.10. The second-order valence-corrected chi connectivity index (χ2v) is 5.60. The number of phenols is 1. The summed E-state index contributed by atoms with van der Waals surface area (Å²) in [6.45, 7) is 0. The third-order valence-corrected chi connectivity index (χ3v) is 4.37. The van der Waals surface area contributed by atoms with Crippen molar-refractivity contribution in [2.45, 2.75) is 0 Å². The molecule has 0 atom stereocenters. The van der Waals surface area contributed by atoms with Crippen LogP contribution in [-0.2, 0) is 0 Å². The van der Waals surface area contributed by atoms with E-state index in [-0.39, 0.29) is 11.5 Å². The fraction of sp³-hybridized carbons (Fsp3) is 0. The lowest BCUT2D eigenvalue weighted by atomic mass is 10.3. The van der Waals surface area contributed by atoms with Crippen molar-refractivity contribution in [3.05, 3.63) is 44.0 Å². The van der Waals surface area contributed by atoms with Crippen LogP contribution in [-0.4, -0.2) is 11.1 Å². The summed E-state index contributed by atoms with van der Waals surface area (Å²) >= 11 is 10.1. The highest BCUT2D eigenvalue weighted by Gasteiger charge is 2.15. The van der Waals surface area contributed by atoms with Crippen molar-refractivity contribution in [1.29, 1.82) is 0 Å². The summed E-state index contributed by atoms with van der Waals surface area (Å²) in [5.41, 5.74) is 0. The van der Waals surface area contributed by atoms with E-state index in [1.54, 1.807) is 18.2 Å². The van der Waals surface area contributed by atoms with Crippen LogP contribution in [0.5, 0.6) is 11.5 Å². The molecule has 0 aliphatic rings. The summed E-state index contributed by atoms with van der Waals surface area (Å²) in [5.74, 6) is -0.509. The highest BCUT2D eigenvalue weighted by Crippen LogP contribution is 2.33.